The van der Waals surface area contributed by atoms with Crippen LogP contribution in [-0.4, -0.2) is 0 Å². The smallest absolute Gasteiger partial charge is 0.143 e. The first-order valence-electron chi connectivity index (χ1n) is 20.3. The number of hydrogen-bond donors (Lipinski definition) is 0. The van der Waals surface area contributed by atoms with Gasteiger partial charge in [-0.05, 0) is 99.1 Å². The molecule has 12 rings (SSSR count). The molecule has 0 saturated heterocycles. The summed E-state index contributed by atoms with van der Waals surface area (Å²) in [7, 11) is 0. The molecule has 0 N–H and O–H groups in total. The van der Waals surface area contributed by atoms with Gasteiger partial charge in [-0.2, -0.15) is 0 Å². The first-order valence-corrected chi connectivity index (χ1v) is 21.1. The molecular weight excluding hydrogens is 723 g/mol. The van der Waals surface area contributed by atoms with Gasteiger partial charge in [0.25, 0.3) is 0 Å². The molecule has 0 amide bonds. The summed E-state index contributed by atoms with van der Waals surface area (Å²) < 4.78 is 9.70. The van der Waals surface area contributed by atoms with Gasteiger partial charge in [-0.25, -0.2) is 0 Å². The Balaban J connectivity index is 1.06. The molecule has 10 aromatic rings. The van der Waals surface area contributed by atoms with E-state index in [1.807, 2.05) is 11.3 Å². The minimum atomic E-state index is -0.0997. The third-order valence-corrected chi connectivity index (χ3v) is 14.0. The number of rotatable bonds is 5. The molecule has 58 heavy (non-hydrogen) atoms. The molecule has 0 radical (unpaired) electrons. The van der Waals surface area contributed by atoms with Crippen LogP contribution in [0.1, 0.15) is 42.9 Å². The van der Waals surface area contributed by atoms with Gasteiger partial charge >= 0.3 is 0 Å². The average Bonchev–Trinajstić information content (AvgIpc) is 3.91. The van der Waals surface area contributed by atoms with Crippen molar-refractivity contribution in [2.24, 2.45) is 0 Å². The normalized spacial score (nSPS) is 15.5. The van der Waals surface area contributed by atoms with Gasteiger partial charge in [-0.3, -0.25) is 0 Å². The second-order valence-electron chi connectivity index (χ2n) is 16.4. The van der Waals surface area contributed by atoms with Crippen LogP contribution in [0.25, 0.3) is 75.1 Å². The second kappa shape index (κ2) is 12.7. The van der Waals surface area contributed by atoms with Gasteiger partial charge in [-0.1, -0.05) is 141 Å². The van der Waals surface area contributed by atoms with E-state index in [2.05, 4.69) is 201 Å². The second-order valence-corrected chi connectivity index (χ2v) is 17.4. The van der Waals surface area contributed by atoms with E-state index >= 15 is 0 Å². The highest BCUT2D eigenvalue weighted by Crippen LogP contribution is 2.52. The third kappa shape index (κ3) is 4.96. The fourth-order valence-electron chi connectivity index (χ4n) is 9.88. The van der Waals surface area contributed by atoms with Crippen LogP contribution in [0, 0.1) is 0 Å². The van der Waals surface area contributed by atoms with Gasteiger partial charge < -0.3 is 9.32 Å². The molecule has 0 aliphatic heterocycles. The van der Waals surface area contributed by atoms with Crippen molar-refractivity contribution in [3.8, 4) is 22.3 Å². The lowest BCUT2D eigenvalue weighted by Gasteiger charge is -2.26. The standard InChI is InChI=1S/C55H39NOS/c1-55(2)47-20-10-8-17-41(47)42-29-25-37(32-48(42)55)52-40-16-7-6-15-36(40)31-46-43-30-28-39(33-50(43)57-53(46)52)56(38-26-23-35(24-27-38)34-13-4-3-5-14-34)49-21-12-19-45-44-18-9-11-22-51(44)58-54(45)49/h3-13,15-34H,14H2,1-2H3. The maximum absolute atomic E-state index is 7.14. The monoisotopic (exact) mass is 761 g/mol. The number of thiophene rings is 1. The first-order chi connectivity index (χ1) is 28.5. The maximum Gasteiger partial charge on any atom is 0.143 e. The fourth-order valence-corrected chi connectivity index (χ4v) is 11.1. The lowest BCUT2D eigenvalue weighted by atomic mass is 9.81. The fraction of sp³-hybridized carbons (Fsp3) is 0.0909. The van der Waals surface area contributed by atoms with Crippen LogP contribution in [0.5, 0.6) is 0 Å². The number of allylic oxidation sites excluding steroid dienone is 4. The van der Waals surface area contributed by atoms with E-state index in [0.717, 1.165) is 51.0 Å². The molecule has 1 unspecified atom stereocenters. The molecule has 3 heteroatoms. The summed E-state index contributed by atoms with van der Waals surface area (Å²) in [6, 6.07) is 58.4. The zero-order valence-electron chi connectivity index (χ0n) is 32.4. The molecule has 0 saturated carbocycles. The molecule has 1 atom stereocenters. The van der Waals surface area contributed by atoms with Gasteiger partial charge in [0.15, 0.2) is 0 Å². The Bertz CT molecular complexity index is 3360. The predicted molar refractivity (Wildman–Crippen MR) is 247 cm³/mol. The Morgan fingerprint density at radius 3 is 2.26 bits per heavy atom. The van der Waals surface area contributed by atoms with Crippen molar-refractivity contribution in [3.05, 3.63) is 199 Å². The highest BCUT2D eigenvalue weighted by atomic mass is 32.1. The van der Waals surface area contributed by atoms with E-state index in [-0.39, 0.29) is 5.41 Å². The lowest BCUT2D eigenvalue weighted by Crippen LogP contribution is -2.14. The first kappa shape index (κ1) is 33.5. The topological polar surface area (TPSA) is 16.4 Å². The Labute approximate surface area is 341 Å². The molecule has 0 fully saturated rings. The van der Waals surface area contributed by atoms with Crippen LogP contribution in [0.15, 0.2) is 186 Å². The minimum absolute atomic E-state index is 0.0997. The van der Waals surface area contributed by atoms with Crippen molar-refractivity contribution in [1.82, 2.24) is 0 Å². The summed E-state index contributed by atoms with van der Waals surface area (Å²) >= 11 is 1.86. The minimum Gasteiger partial charge on any atom is -0.455 e. The van der Waals surface area contributed by atoms with Crippen molar-refractivity contribution in [2.45, 2.75) is 31.6 Å². The average molecular weight is 762 g/mol. The predicted octanol–water partition coefficient (Wildman–Crippen LogP) is 16.1. The van der Waals surface area contributed by atoms with Crippen molar-refractivity contribution >= 4 is 81.3 Å². The van der Waals surface area contributed by atoms with Gasteiger partial charge in [0, 0.05) is 60.6 Å². The van der Waals surface area contributed by atoms with Crippen LogP contribution < -0.4 is 4.90 Å². The summed E-state index contributed by atoms with van der Waals surface area (Å²) in [5.41, 5.74) is 14.1. The molecule has 0 spiro atoms. The summed E-state index contributed by atoms with van der Waals surface area (Å²) in [5, 5.41) is 7.23. The Hall–Kier alpha value is -6.68. The lowest BCUT2D eigenvalue weighted by molar-refractivity contribution is 0.660. The van der Waals surface area contributed by atoms with Crippen molar-refractivity contribution in [3.63, 3.8) is 0 Å². The van der Waals surface area contributed by atoms with Crippen LogP contribution in [-0.2, 0) is 5.41 Å². The van der Waals surface area contributed by atoms with Crippen LogP contribution in [0.4, 0.5) is 17.1 Å². The van der Waals surface area contributed by atoms with Crippen LogP contribution >= 0.6 is 11.3 Å². The molecule has 0 bridgehead atoms. The zero-order valence-corrected chi connectivity index (χ0v) is 33.2. The summed E-state index contributed by atoms with van der Waals surface area (Å²) in [5.74, 6) is 0.391. The number of nitrogens with zero attached hydrogens (tertiary/aromatic N) is 1. The zero-order chi connectivity index (χ0) is 38.5. The van der Waals surface area contributed by atoms with Gasteiger partial charge in [0.05, 0.1) is 10.4 Å². The van der Waals surface area contributed by atoms with E-state index in [1.54, 1.807) is 0 Å². The molecular formula is C55H39NOS. The highest BCUT2D eigenvalue weighted by Gasteiger charge is 2.35. The molecule has 2 heterocycles. The van der Waals surface area contributed by atoms with Gasteiger partial charge in [-0.15, -0.1) is 11.3 Å². The van der Waals surface area contributed by atoms with Crippen LogP contribution in [0.2, 0.25) is 0 Å². The maximum atomic E-state index is 7.14. The molecule has 2 aromatic heterocycles. The largest absolute Gasteiger partial charge is 0.455 e. The highest BCUT2D eigenvalue weighted by molar-refractivity contribution is 7.26. The summed E-state index contributed by atoms with van der Waals surface area (Å²) in [6.45, 7) is 4.71. The summed E-state index contributed by atoms with van der Waals surface area (Å²) in [6.07, 6.45) is 9.90. The molecule has 2 aliphatic carbocycles. The van der Waals surface area contributed by atoms with Crippen LogP contribution in [0.3, 0.4) is 0 Å². The SMILES string of the molecule is CC1(C)c2ccccc2-c2ccc(-c3c4ccccc4cc4c3oc3cc(N(c5ccc(C6C=CC=CC6)cc5)c5cccc6c5sc5ccccc56)ccc34)cc21. The number of anilines is 3. The Morgan fingerprint density at radius 1 is 0.603 bits per heavy atom. The summed E-state index contributed by atoms with van der Waals surface area (Å²) in [4.78, 5) is 2.42. The van der Waals surface area contributed by atoms with E-state index < -0.39 is 0 Å². The number of hydrogen-bond acceptors (Lipinski definition) is 3. The number of furan rings is 1. The molecule has 276 valence electrons. The van der Waals surface area contributed by atoms with Gasteiger partial charge in [0.2, 0.25) is 0 Å². The molecule has 8 aromatic carbocycles. The van der Waals surface area contributed by atoms with Crippen molar-refractivity contribution in [1.29, 1.82) is 0 Å². The number of fused-ring (bicyclic) bond motifs is 10. The Kier molecular flexibility index (Phi) is 7.30. The molecule has 2 aliphatic rings. The quantitative estimate of drug-likeness (QED) is 0.174. The van der Waals surface area contributed by atoms with Crippen molar-refractivity contribution in [2.75, 3.05) is 4.90 Å². The van der Waals surface area contributed by atoms with E-state index in [1.165, 1.54) is 64.3 Å². The van der Waals surface area contributed by atoms with E-state index in [0.29, 0.717) is 5.92 Å². The van der Waals surface area contributed by atoms with E-state index in [4.69, 9.17) is 4.42 Å². The third-order valence-electron chi connectivity index (χ3n) is 12.8. The van der Waals surface area contributed by atoms with E-state index in [9.17, 15) is 0 Å². The van der Waals surface area contributed by atoms with Crippen molar-refractivity contribution < 1.29 is 4.42 Å². The number of benzene rings is 8. The Morgan fingerprint density at radius 2 is 1.38 bits per heavy atom. The molecule has 2 nitrogen and oxygen atoms in total. The van der Waals surface area contributed by atoms with Gasteiger partial charge in [0.1, 0.15) is 11.2 Å².